The smallest absolute Gasteiger partial charge is 0.296 e. The van der Waals surface area contributed by atoms with Crippen LogP contribution in [0.3, 0.4) is 0 Å². The molecule has 11 nitrogen and oxygen atoms in total. The molecule has 5 rings (SSSR count). The van der Waals surface area contributed by atoms with Crippen molar-refractivity contribution in [3.8, 4) is 10.4 Å². The summed E-state index contributed by atoms with van der Waals surface area (Å²) < 4.78 is 35.7. The molecule has 0 saturated carbocycles. The van der Waals surface area contributed by atoms with E-state index in [-0.39, 0.29) is 48.7 Å². The minimum absolute atomic E-state index is 0.0384. The van der Waals surface area contributed by atoms with E-state index in [1.807, 2.05) is 57.5 Å². The molecule has 3 atom stereocenters. The molecule has 1 fully saturated rings. The molecule has 2 amide bonds. The monoisotopic (exact) mass is 680 g/mol. The summed E-state index contributed by atoms with van der Waals surface area (Å²) in [6.45, 7) is 7.89. The van der Waals surface area contributed by atoms with Gasteiger partial charge in [-0.15, -0.1) is 11.3 Å². The van der Waals surface area contributed by atoms with Gasteiger partial charge in [0.25, 0.3) is 10.1 Å². The summed E-state index contributed by atoms with van der Waals surface area (Å²) in [5.74, 6) is -1.22. The Hall–Kier alpha value is -3.91. The van der Waals surface area contributed by atoms with Crippen LogP contribution in [0.25, 0.3) is 10.4 Å². The predicted molar refractivity (Wildman–Crippen MR) is 177 cm³/mol. The molecule has 13 heteroatoms. The maximum absolute atomic E-state index is 13.9. The highest BCUT2D eigenvalue weighted by Crippen LogP contribution is 2.32. The Morgan fingerprint density at radius 2 is 1.85 bits per heavy atom. The summed E-state index contributed by atoms with van der Waals surface area (Å²) in [5, 5.41) is 17.5. The van der Waals surface area contributed by atoms with E-state index in [0.717, 1.165) is 27.3 Å². The van der Waals surface area contributed by atoms with E-state index in [1.165, 1.54) is 17.0 Å². The van der Waals surface area contributed by atoms with Gasteiger partial charge in [-0.2, -0.15) is 8.42 Å². The van der Waals surface area contributed by atoms with Gasteiger partial charge >= 0.3 is 0 Å². The third-order valence-electron chi connectivity index (χ3n) is 8.23. The number of rotatable bonds is 13. The highest BCUT2D eigenvalue weighted by molar-refractivity contribution is 7.86. The van der Waals surface area contributed by atoms with Crippen LogP contribution in [-0.2, 0) is 36.9 Å². The molecular weight excluding hydrogens is 641 g/mol. The summed E-state index contributed by atoms with van der Waals surface area (Å²) in [6.07, 6.45) is 0.0559. The topological polar surface area (TPSA) is 152 Å². The van der Waals surface area contributed by atoms with Crippen LogP contribution < -0.4 is 5.32 Å². The molecule has 0 radical (unpaired) electrons. The standard InChI is InChI=1S/C34H40N4O7S2/c1-21(2)31(30-16-26(37-45-30)6-5-15-44-47(42,43)28-13-7-22(3)8-14-28)34(41)38-19-27(39)17-29(38)33(40)35-18-24-9-11-25(12-10-24)32-23(4)36-20-46-32/h7-14,16,20-21,27,29,31,39H,5-6,15,17-19H2,1-4H3,(H,35,40)/t27-,29+,31?/m1/s1. The van der Waals surface area contributed by atoms with Gasteiger partial charge in [-0.25, -0.2) is 4.98 Å². The first-order chi connectivity index (χ1) is 22.4. The largest absolute Gasteiger partial charge is 0.391 e. The first kappa shape index (κ1) is 34.4. The van der Waals surface area contributed by atoms with E-state index in [0.29, 0.717) is 24.3 Å². The lowest BCUT2D eigenvalue weighted by molar-refractivity contribution is -0.141. The highest BCUT2D eigenvalue weighted by atomic mass is 32.2. The van der Waals surface area contributed by atoms with Crippen LogP contribution in [-0.4, -0.2) is 65.7 Å². The number of carbonyl (C=O) groups is 2. The van der Waals surface area contributed by atoms with Crippen molar-refractivity contribution < 1.29 is 31.8 Å². The Bertz CT molecular complexity index is 1780. The number of hydrogen-bond donors (Lipinski definition) is 2. The number of benzene rings is 2. The van der Waals surface area contributed by atoms with Crippen LogP contribution in [0.4, 0.5) is 0 Å². The first-order valence-corrected chi connectivity index (χ1v) is 17.9. The summed E-state index contributed by atoms with van der Waals surface area (Å²) >= 11 is 1.58. The number of likely N-dealkylation sites (tertiary alicyclic amines) is 1. The minimum atomic E-state index is -3.87. The molecule has 2 N–H and O–H groups in total. The van der Waals surface area contributed by atoms with E-state index in [9.17, 15) is 23.1 Å². The third-order valence-corrected chi connectivity index (χ3v) is 10.5. The first-order valence-electron chi connectivity index (χ1n) is 15.6. The van der Waals surface area contributed by atoms with Crippen molar-refractivity contribution in [2.45, 2.75) is 76.5 Å². The van der Waals surface area contributed by atoms with Gasteiger partial charge in [-0.3, -0.25) is 13.8 Å². The summed E-state index contributed by atoms with van der Waals surface area (Å²) in [4.78, 5) is 34.1. The van der Waals surface area contributed by atoms with Crippen molar-refractivity contribution in [2.75, 3.05) is 13.2 Å². The quantitative estimate of drug-likeness (QED) is 0.150. The summed E-state index contributed by atoms with van der Waals surface area (Å²) in [5.41, 5.74) is 6.26. The van der Waals surface area contributed by atoms with Gasteiger partial charge in [0.15, 0.2) is 0 Å². The van der Waals surface area contributed by atoms with Crippen molar-refractivity contribution in [2.24, 2.45) is 5.92 Å². The lowest BCUT2D eigenvalue weighted by Crippen LogP contribution is -2.48. The van der Waals surface area contributed by atoms with Crippen LogP contribution in [0.5, 0.6) is 0 Å². The molecular formula is C34H40N4O7S2. The fourth-order valence-electron chi connectivity index (χ4n) is 5.67. The number of carbonyl (C=O) groups excluding carboxylic acids is 2. The highest BCUT2D eigenvalue weighted by Gasteiger charge is 2.43. The second-order valence-electron chi connectivity index (χ2n) is 12.2. The number of β-amino-alcohol motifs (C(OH)–C–C–N with tert-alkyl or cyclic N) is 1. The van der Waals surface area contributed by atoms with Crippen molar-refractivity contribution in [1.29, 1.82) is 0 Å². The van der Waals surface area contributed by atoms with Gasteiger partial charge in [0, 0.05) is 25.6 Å². The molecule has 250 valence electrons. The number of aryl methyl sites for hydroxylation is 3. The van der Waals surface area contributed by atoms with E-state index in [1.54, 1.807) is 29.5 Å². The second-order valence-corrected chi connectivity index (χ2v) is 14.7. The van der Waals surface area contributed by atoms with Crippen molar-refractivity contribution in [3.63, 3.8) is 0 Å². The maximum Gasteiger partial charge on any atom is 0.296 e. The van der Waals surface area contributed by atoms with Gasteiger partial charge in [0.1, 0.15) is 17.7 Å². The zero-order valence-corrected chi connectivity index (χ0v) is 28.5. The molecule has 0 bridgehead atoms. The van der Waals surface area contributed by atoms with Crippen LogP contribution in [0.2, 0.25) is 0 Å². The molecule has 1 unspecified atom stereocenters. The fraction of sp³-hybridized carbons (Fsp3) is 0.412. The van der Waals surface area contributed by atoms with Crippen LogP contribution in [0.1, 0.15) is 60.9 Å². The zero-order chi connectivity index (χ0) is 33.7. The number of nitrogens with one attached hydrogen (secondary N) is 1. The van der Waals surface area contributed by atoms with E-state index in [4.69, 9.17) is 8.71 Å². The second kappa shape index (κ2) is 14.9. The number of aliphatic hydroxyl groups excluding tert-OH is 1. The molecule has 3 heterocycles. The van der Waals surface area contributed by atoms with Crippen LogP contribution >= 0.6 is 11.3 Å². The number of nitrogens with zero attached hydrogens (tertiary/aromatic N) is 3. The predicted octanol–water partition coefficient (Wildman–Crippen LogP) is 4.77. The average molecular weight is 681 g/mol. The van der Waals surface area contributed by atoms with Gasteiger partial charge < -0.3 is 19.8 Å². The Labute approximate surface area is 279 Å². The summed E-state index contributed by atoms with van der Waals surface area (Å²) in [7, 11) is -3.87. The van der Waals surface area contributed by atoms with E-state index >= 15 is 0 Å². The molecule has 2 aromatic heterocycles. The van der Waals surface area contributed by atoms with E-state index in [2.05, 4.69) is 15.5 Å². The van der Waals surface area contributed by atoms with Gasteiger partial charge in [-0.1, -0.05) is 61.0 Å². The Morgan fingerprint density at radius 3 is 2.51 bits per heavy atom. The van der Waals surface area contributed by atoms with Gasteiger partial charge in [0.2, 0.25) is 11.8 Å². The molecule has 0 spiro atoms. The molecule has 1 saturated heterocycles. The number of aromatic nitrogens is 2. The molecule has 2 aromatic carbocycles. The zero-order valence-electron chi connectivity index (χ0n) is 26.9. The summed E-state index contributed by atoms with van der Waals surface area (Å²) in [6, 6.07) is 15.2. The molecule has 1 aliphatic heterocycles. The van der Waals surface area contributed by atoms with Gasteiger partial charge in [0.05, 0.1) is 39.4 Å². The SMILES string of the molecule is Cc1ccc(S(=O)(=O)OCCCc2cc(C(C(=O)N3C[C@H](O)C[C@H]3C(=O)NCc3ccc(-c4scnc4C)cc3)C(C)C)on2)cc1. The Kier molecular flexibility index (Phi) is 10.9. The number of amides is 2. The Morgan fingerprint density at radius 1 is 1.13 bits per heavy atom. The number of aliphatic hydroxyl groups is 1. The number of hydrogen-bond acceptors (Lipinski definition) is 10. The minimum Gasteiger partial charge on any atom is -0.391 e. The van der Waals surface area contributed by atoms with E-state index < -0.39 is 28.2 Å². The third kappa shape index (κ3) is 8.33. The molecule has 1 aliphatic rings. The maximum atomic E-state index is 13.9. The molecule has 47 heavy (non-hydrogen) atoms. The van der Waals surface area contributed by atoms with Crippen molar-refractivity contribution in [3.05, 3.63) is 88.4 Å². The van der Waals surface area contributed by atoms with Crippen molar-refractivity contribution in [1.82, 2.24) is 20.4 Å². The Balaban J connectivity index is 1.17. The lowest BCUT2D eigenvalue weighted by Gasteiger charge is -2.28. The molecule has 4 aromatic rings. The van der Waals surface area contributed by atoms with Crippen LogP contribution in [0.15, 0.2) is 69.5 Å². The van der Waals surface area contributed by atoms with Gasteiger partial charge in [-0.05, 0) is 55.9 Å². The van der Waals surface area contributed by atoms with Crippen LogP contribution in [0, 0.1) is 19.8 Å². The van der Waals surface area contributed by atoms with Crippen molar-refractivity contribution >= 4 is 33.3 Å². The average Bonchev–Trinajstić information content (AvgIpc) is 3.78. The number of thiazole rings is 1. The fourth-order valence-corrected chi connectivity index (χ4v) is 7.42. The normalized spacial score (nSPS) is 17.3. The molecule has 0 aliphatic carbocycles. The lowest BCUT2D eigenvalue weighted by atomic mass is 9.91.